The van der Waals surface area contributed by atoms with Crippen LogP contribution in [0.25, 0.3) is 0 Å². The fourth-order valence-corrected chi connectivity index (χ4v) is 1.99. The van der Waals surface area contributed by atoms with Crippen molar-refractivity contribution >= 4 is 22.7 Å². The van der Waals surface area contributed by atoms with Gasteiger partial charge in [0.2, 0.25) is 0 Å². The summed E-state index contributed by atoms with van der Waals surface area (Å²) < 4.78 is 10.5. The molecule has 0 radical (unpaired) electrons. The molecule has 25 heavy (non-hydrogen) atoms. The highest BCUT2D eigenvalue weighted by Gasteiger charge is 2.03. The molecule has 0 saturated carbocycles. The first-order valence-electron chi connectivity index (χ1n) is 7.97. The van der Waals surface area contributed by atoms with Gasteiger partial charge < -0.3 is 37.5 Å². The number of aliphatic hydroxyl groups excluding tert-OH is 1. The lowest BCUT2D eigenvalue weighted by atomic mass is 10.2. The molecule has 0 unspecified atom stereocenters. The summed E-state index contributed by atoms with van der Waals surface area (Å²) >= 11 is 0. The second-order valence-corrected chi connectivity index (χ2v) is 5.50. The highest BCUT2D eigenvalue weighted by molar-refractivity contribution is 5.65. The Kier molecular flexibility index (Phi) is 7.68. The first-order chi connectivity index (χ1) is 11.8. The summed E-state index contributed by atoms with van der Waals surface area (Å²) in [7, 11) is 0. The molecular weight excluding hydrogens is 320 g/mol. The average molecular weight is 348 g/mol. The Bertz CT molecular complexity index is 705. The normalized spacial score (nSPS) is 9.92. The second kappa shape index (κ2) is 9.48. The predicted molar refractivity (Wildman–Crippen MR) is 104 cm³/mol. The molecule has 2 aromatic rings. The van der Waals surface area contributed by atoms with Crippen LogP contribution in [0.15, 0.2) is 24.3 Å². The zero-order chi connectivity index (χ0) is 19.0. The molecule has 2 rings (SSSR count). The first kappa shape index (κ1) is 20.2. The number of benzene rings is 2. The van der Waals surface area contributed by atoms with Crippen molar-refractivity contribution in [1.82, 2.24) is 0 Å². The van der Waals surface area contributed by atoms with Crippen LogP contribution in [0, 0.1) is 13.8 Å². The number of nitrogen functional groups attached to an aromatic ring is 4. The molecule has 7 heteroatoms. The van der Waals surface area contributed by atoms with Crippen molar-refractivity contribution in [3.05, 3.63) is 35.4 Å². The van der Waals surface area contributed by atoms with Gasteiger partial charge in [0.15, 0.2) is 0 Å². The van der Waals surface area contributed by atoms with Crippen molar-refractivity contribution in [2.24, 2.45) is 0 Å². The Morgan fingerprint density at radius 1 is 0.760 bits per heavy atom. The molecule has 0 bridgehead atoms. The third-order valence-electron chi connectivity index (χ3n) is 3.45. The zero-order valence-corrected chi connectivity index (χ0v) is 15.0. The summed E-state index contributed by atoms with van der Waals surface area (Å²) in [5.74, 6) is 1.28. The summed E-state index contributed by atoms with van der Waals surface area (Å²) in [4.78, 5) is 0. The number of ether oxygens (including phenoxy) is 2. The van der Waals surface area contributed by atoms with Crippen molar-refractivity contribution in [3.8, 4) is 11.5 Å². The van der Waals surface area contributed by atoms with Crippen LogP contribution in [0.4, 0.5) is 22.7 Å². The van der Waals surface area contributed by atoms with Crippen LogP contribution in [0.2, 0.25) is 0 Å². The van der Waals surface area contributed by atoms with Crippen molar-refractivity contribution in [2.45, 2.75) is 20.8 Å². The van der Waals surface area contributed by atoms with Gasteiger partial charge in [-0.05, 0) is 56.2 Å². The summed E-state index contributed by atoms with van der Waals surface area (Å²) in [5.41, 5.74) is 27.0. The molecule has 138 valence electrons. The van der Waals surface area contributed by atoms with Crippen molar-refractivity contribution in [3.63, 3.8) is 0 Å². The van der Waals surface area contributed by atoms with Crippen molar-refractivity contribution in [1.29, 1.82) is 0 Å². The quantitative estimate of drug-likeness (QED) is 0.520. The standard InChI is InChI=1S/C9H14N2O2.C9H14N2O/c1-6-4-9(13-3-2-12)8(11)5-7(6)10;1-3-12-9-4-6(2)7(10)5-8(9)11/h4-5,12H,2-3,10-11H2,1H3;4-5H,3,10-11H2,1-2H3. The van der Waals surface area contributed by atoms with E-state index in [1.807, 2.05) is 26.8 Å². The van der Waals surface area contributed by atoms with Crippen LogP contribution in [0.3, 0.4) is 0 Å². The summed E-state index contributed by atoms with van der Waals surface area (Å²) in [5, 5.41) is 8.55. The molecule has 0 saturated heterocycles. The molecule has 0 atom stereocenters. The molecule has 0 aromatic heterocycles. The minimum atomic E-state index is -0.0249. The van der Waals surface area contributed by atoms with E-state index in [9.17, 15) is 0 Å². The Morgan fingerprint density at radius 2 is 1.20 bits per heavy atom. The van der Waals surface area contributed by atoms with Crippen molar-refractivity contribution < 1.29 is 14.6 Å². The van der Waals surface area contributed by atoms with Crippen LogP contribution >= 0.6 is 0 Å². The lowest BCUT2D eigenvalue weighted by molar-refractivity contribution is 0.202. The Hall–Kier alpha value is -2.80. The molecule has 7 nitrogen and oxygen atoms in total. The van der Waals surface area contributed by atoms with Crippen LogP contribution in [0.1, 0.15) is 18.1 Å². The lowest BCUT2D eigenvalue weighted by Crippen LogP contribution is -2.05. The van der Waals surface area contributed by atoms with E-state index in [1.54, 1.807) is 18.2 Å². The lowest BCUT2D eigenvalue weighted by Gasteiger charge is -2.09. The minimum Gasteiger partial charge on any atom is -0.492 e. The third kappa shape index (κ3) is 5.96. The number of aryl methyl sites for hydroxylation is 2. The molecule has 0 heterocycles. The van der Waals surface area contributed by atoms with Gasteiger partial charge in [0, 0.05) is 11.4 Å². The number of nitrogens with two attached hydrogens (primary N) is 4. The van der Waals surface area contributed by atoms with Gasteiger partial charge in [-0.2, -0.15) is 0 Å². The highest BCUT2D eigenvalue weighted by atomic mass is 16.5. The first-order valence-corrected chi connectivity index (χ1v) is 7.97. The monoisotopic (exact) mass is 348 g/mol. The van der Waals surface area contributed by atoms with E-state index in [2.05, 4.69) is 0 Å². The van der Waals surface area contributed by atoms with E-state index in [-0.39, 0.29) is 13.2 Å². The van der Waals surface area contributed by atoms with Gasteiger partial charge >= 0.3 is 0 Å². The van der Waals surface area contributed by atoms with E-state index in [4.69, 9.17) is 37.5 Å². The fraction of sp³-hybridized carbons (Fsp3) is 0.333. The number of hydrogen-bond acceptors (Lipinski definition) is 7. The summed E-state index contributed by atoms with van der Waals surface area (Å²) in [6.07, 6.45) is 0. The third-order valence-corrected chi connectivity index (χ3v) is 3.45. The fourth-order valence-electron chi connectivity index (χ4n) is 1.99. The van der Waals surface area contributed by atoms with Crippen LogP contribution in [-0.4, -0.2) is 24.9 Å². The SMILES string of the molecule is CCOc1cc(C)c(N)cc1N.Cc1cc(OCCO)c(N)cc1N. The van der Waals surface area contributed by atoms with E-state index in [1.165, 1.54) is 0 Å². The molecule has 0 aliphatic rings. The Balaban J connectivity index is 0.000000251. The number of rotatable bonds is 5. The maximum absolute atomic E-state index is 8.55. The second-order valence-electron chi connectivity index (χ2n) is 5.50. The van der Waals surface area contributed by atoms with E-state index in [0.717, 1.165) is 11.1 Å². The van der Waals surface area contributed by atoms with Gasteiger partial charge in [0.25, 0.3) is 0 Å². The predicted octanol–water partition coefficient (Wildman–Crippen LogP) is 2.09. The zero-order valence-electron chi connectivity index (χ0n) is 15.0. The van der Waals surface area contributed by atoms with Crippen LogP contribution in [0.5, 0.6) is 11.5 Å². The van der Waals surface area contributed by atoms with E-state index in [0.29, 0.717) is 40.9 Å². The summed E-state index contributed by atoms with van der Waals surface area (Å²) in [6, 6.07) is 7.00. The molecule has 9 N–H and O–H groups in total. The molecule has 2 aromatic carbocycles. The minimum absolute atomic E-state index is 0.0249. The van der Waals surface area contributed by atoms with Gasteiger partial charge in [-0.15, -0.1) is 0 Å². The molecule has 0 aliphatic carbocycles. The smallest absolute Gasteiger partial charge is 0.142 e. The van der Waals surface area contributed by atoms with Crippen molar-refractivity contribution in [2.75, 3.05) is 42.8 Å². The van der Waals surface area contributed by atoms with Crippen LogP contribution in [-0.2, 0) is 0 Å². The molecule has 0 spiro atoms. The van der Waals surface area contributed by atoms with Crippen LogP contribution < -0.4 is 32.4 Å². The molecule has 0 aliphatic heterocycles. The summed E-state index contributed by atoms with van der Waals surface area (Å²) in [6.45, 7) is 6.56. The highest BCUT2D eigenvalue weighted by Crippen LogP contribution is 2.27. The van der Waals surface area contributed by atoms with E-state index >= 15 is 0 Å². The van der Waals surface area contributed by atoms with Gasteiger partial charge in [0.1, 0.15) is 18.1 Å². The van der Waals surface area contributed by atoms with Gasteiger partial charge in [-0.1, -0.05) is 0 Å². The molecule has 0 amide bonds. The van der Waals surface area contributed by atoms with Gasteiger partial charge in [-0.25, -0.2) is 0 Å². The number of hydrogen-bond donors (Lipinski definition) is 5. The van der Waals surface area contributed by atoms with E-state index < -0.39 is 0 Å². The number of aliphatic hydroxyl groups is 1. The number of anilines is 4. The maximum Gasteiger partial charge on any atom is 0.142 e. The molecule has 0 fully saturated rings. The maximum atomic E-state index is 8.55. The topological polar surface area (TPSA) is 143 Å². The molecular formula is C18H28N4O3. The largest absolute Gasteiger partial charge is 0.492 e. The van der Waals surface area contributed by atoms with Gasteiger partial charge in [0.05, 0.1) is 24.6 Å². The Morgan fingerprint density at radius 3 is 1.60 bits per heavy atom. The Labute approximate surface area is 148 Å². The van der Waals surface area contributed by atoms with Gasteiger partial charge in [-0.3, -0.25) is 0 Å². The average Bonchev–Trinajstić information content (AvgIpc) is 2.55.